The van der Waals surface area contributed by atoms with Crippen molar-refractivity contribution in [3.8, 4) is 11.8 Å². The van der Waals surface area contributed by atoms with Crippen LogP contribution in [0.25, 0.3) is 0 Å². The summed E-state index contributed by atoms with van der Waals surface area (Å²) in [4.78, 5) is 36.8. The molecule has 0 radical (unpaired) electrons. The zero-order chi connectivity index (χ0) is 22.3. The smallest absolute Gasteiger partial charge is 0.319 e. The lowest BCUT2D eigenvalue weighted by Gasteiger charge is -2.31. The molecule has 1 amide bonds. The summed E-state index contributed by atoms with van der Waals surface area (Å²) in [5, 5.41) is 12.8. The Kier molecular flexibility index (Phi) is 8.57. The van der Waals surface area contributed by atoms with E-state index in [-0.39, 0.29) is 28.0 Å². The summed E-state index contributed by atoms with van der Waals surface area (Å²) in [7, 11) is 1.17. The van der Waals surface area contributed by atoms with Crippen molar-refractivity contribution in [3.05, 3.63) is 39.4 Å². The van der Waals surface area contributed by atoms with Crippen molar-refractivity contribution >= 4 is 41.2 Å². The Morgan fingerprint density at radius 3 is 2.60 bits per heavy atom. The van der Waals surface area contributed by atoms with Gasteiger partial charge in [0.15, 0.2) is 0 Å². The molecule has 160 valence electrons. The minimum atomic E-state index is -1.29. The van der Waals surface area contributed by atoms with Crippen LogP contribution in [0.5, 0.6) is 5.75 Å². The molecule has 1 heterocycles. The zero-order valence-corrected chi connectivity index (χ0v) is 18.3. The maximum atomic E-state index is 12.7. The molecule has 0 fully saturated rings. The van der Waals surface area contributed by atoms with E-state index in [1.807, 2.05) is 6.92 Å². The summed E-state index contributed by atoms with van der Waals surface area (Å²) in [6, 6.07) is 6.86. The molecule has 1 aliphatic rings. The SMILES string of the molecule is CCOC(=O)CSC1=C(C#N)[C@@H](c2ccc(OCC)c(Cl)c2)[C@@H](C(=O)OC)C(=O)N1. The second-order valence-corrected chi connectivity index (χ2v) is 7.43. The normalized spacial score (nSPS) is 18.3. The van der Waals surface area contributed by atoms with E-state index in [1.54, 1.807) is 25.1 Å². The number of nitrogens with one attached hydrogen (secondary N) is 1. The number of ether oxygens (including phenoxy) is 3. The predicted octanol–water partition coefficient (Wildman–Crippen LogP) is 2.77. The number of carbonyl (C=O) groups excluding carboxylic acids is 3. The number of nitriles is 1. The topological polar surface area (TPSA) is 115 Å². The second kappa shape index (κ2) is 10.9. The fraction of sp³-hybridized carbons (Fsp3) is 0.400. The molecule has 1 aromatic carbocycles. The Balaban J connectivity index is 2.53. The Morgan fingerprint density at radius 2 is 2.03 bits per heavy atom. The van der Waals surface area contributed by atoms with Crippen molar-refractivity contribution in [3.63, 3.8) is 0 Å². The number of benzene rings is 1. The molecular weight excluding hydrogens is 432 g/mol. The van der Waals surface area contributed by atoms with Crippen LogP contribution in [0.3, 0.4) is 0 Å². The summed E-state index contributed by atoms with van der Waals surface area (Å²) >= 11 is 7.24. The predicted molar refractivity (Wildman–Crippen MR) is 111 cm³/mol. The molecule has 0 aliphatic carbocycles. The van der Waals surface area contributed by atoms with Crippen molar-refractivity contribution in [1.82, 2.24) is 5.32 Å². The molecule has 1 aromatic rings. The van der Waals surface area contributed by atoms with Gasteiger partial charge in [-0.1, -0.05) is 29.4 Å². The van der Waals surface area contributed by atoms with E-state index >= 15 is 0 Å². The van der Waals surface area contributed by atoms with E-state index < -0.39 is 29.7 Å². The number of hydrogen-bond donors (Lipinski definition) is 1. The van der Waals surface area contributed by atoms with Crippen LogP contribution in [0.2, 0.25) is 5.02 Å². The van der Waals surface area contributed by atoms with Gasteiger partial charge >= 0.3 is 11.9 Å². The summed E-state index contributed by atoms with van der Waals surface area (Å²) in [5.41, 5.74) is 0.596. The summed E-state index contributed by atoms with van der Waals surface area (Å²) in [6.07, 6.45) is 0. The number of hydrogen-bond acceptors (Lipinski definition) is 8. The van der Waals surface area contributed by atoms with Gasteiger partial charge in [-0.15, -0.1) is 0 Å². The molecule has 0 saturated carbocycles. The van der Waals surface area contributed by atoms with Crippen LogP contribution < -0.4 is 10.1 Å². The first-order valence-electron chi connectivity index (χ1n) is 9.11. The second-order valence-electron chi connectivity index (χ2n) is 6.04. The van der Waals surface area contributed by atoms with Crippen LogP contribution in [0.1, 0.15) is 25.3 Å². The molecule has 2 atom stereocenters. The third-order valence-corrected chi connectivity index (χ3v) is 5.52. The van der Waals surface area contributed by atoms with Crippen molar-refractivity contribution in [2.45, 2.75) is 19.8 Å². The van der Waals surface area contributed by atoms with Crippen molar-refractivity contribution in [1.29, 1.82) is 5.26 Å². The number of thioether (sulfide) groups is 1. The summed E-state index contributed by atoms with van der Waals surface area (Å²) in [5.74, 6) is -3.80. The van der Waals surface area contributed by atoms with Crippen LogP contribution >= 0.6 is 23.4 Å². The van der Waals surface area contributed by atoms with E-state index in [4.69, 9.17) is 25.8 Å². The van der Waals surface area contributed by atoms with Gasteiger partial charge in [0.25, 0.3) is 0 Å². The molecule has 8 nitrogen and oxygen atoms in total. The molecule has 0 aromatic heterocycles. The Bertz CT molecular complexity index is 911. The van der Waals surface area contributed by atoms with Crippen LogP contribution in [0.15, 0.2) is 28.8 Å². The van der Waals surface area contributed by atoms with Crippen molar-refractivity contribution in [2.75, 3.05) is 26.1 Å². The lowest BCUT2D eigenvalue weighted by atomic mass is 9.78. The Hall–Kier alpha value is -2.70. The first kappa shape index (κ1) is 23.6. The monoisotopic (exact) mass is 452 g/mol. The van der Waals surface area contributed by atoms with Crippen LogP contribution in [-0.4, -0.2) is 43.9 Å². The molecule has 0 spiro atoms. The van der Waals surface area contributed by atoms with E-state index in [0.29, 0.717) is 17.9 Å². The number of amides is 1. The standard InChI is InChI=1S/C20H21ClN2O6S/c1-4-28-14-7-6-11(8-13(14)21)16-12(9-22)19(30-10-15(24)29-5-2)23-18(25)17(16)20(26)27-3/h6-8,16-17H,4-5,10H2,1-3H3,(H,23,25)/t16-,17-/m1/s1. The molecule has 10 heteroatoms. The van der Waals surface area contributed by atoms with E-state index in [0.717, 1.165) is 11.8 Å². The molecule has 30 heavy (non-hydrogen) atoms. The van der Waals surface area contributed by atoms with Crippen LogP contribution in [0, 0.1) is 17.2 Å². The molecule has 0 unspecified atom stereocenters. The quantitative estimate of drug-likeness (QED) is 0.473. The lowest BCUT2D eigenvalue weighted by molar-refractivity contribution is -0.150. The van der Waals surface area contributed by atoms with E-state index in [1.165, 1.54) is 7.11 Å². The highest BCUT2D eigenvalue weighted by atomic mass is 35.5. The summed E-state index contributed by atoms with van der Waals surface area (Å²) < 4.78 is 15.1. The number of carbonyl (C=O) groups is 3. The van der Waals surface area contributed by atoms with Gasteiger partial charge < -0.3 is 19.5 Å². The maximum absolute atomic E-state index is 12.7. The van der Waals surface area contributed by atoms with Crippen molar-refractivity contribution < 1.29 is 28.6 Å². The Labute approximate surface area is 183 Å². The molecule has 1 aliphatic heterocycles. The molecule has 2 rings (SSSR count). The molecule has 0 saturated heterocycles. The highest BCUT2D eigenvalue weighted by molar-refractivity contribution is 8.03. The molecule has 1 N–H and O–H groups in total. The van der Waals surface area contributed by atoms with Crippen LogP contribution in [0.4, 0.5) is 0 Å². The summed E-state index contributed by atoms with van der Waals surface area (Å²) in [6.45, 7) is 4.12. The van der Waals surface area contributed by atoms with Gasteiger partial charge in [-0.25, -0.2) is 0 Å². The fourth-order valence-electron chi connectivity index (χ4n) is 3.00. The van der Waals surface area contributed by atoms with Gasteiger partial charge in [0.1, 0.15) is 11.7 Å². The van der Waals surface area contributed by atoms with Gasteiger partial charge in [-0.2, -0.15) is 5.26 Å². The third kappa shape index (κ3) is 5.26. The lowest BCUT2D eigenvalue weighted by Crippen LogP contribution is -2.44. The first-order valence-corrected chi connectivity index (χ1v) is 10.5. The van der Waals surface area contributed by atoms with Crippen LogP contribution in [-0.2, 0) is 23.9 Å². The van der Waals surface area contributed by atoms with Gasteiger partial charge in [-0.3, -0.25) is 14.4 Å². The average molecular weight is 453 g/mol. The highest BCUT2D eigenvalue weighted by Gasteiger charge is 2.44. The molecular formula is C20H21ClN2O6S. The zero-order valence-electron chi connectivity index (χ0n) is 16.7. The van der Waals surface area contributed by atoms with Gasteiger partial charge in [0.2, 0.25) is 5.91 Å². The molecule has 0 bridgehead atoms. The fourth-order valence-corrected chi connectivity index (χ4v) is 4.09. The number of halogens is 1. The number of methoxy groups -OCH3 is 1. The van der Waals surface area contributed by atoms with Gasteiger partial charge in [-0.05, 0) is 31.5 Å². The number of allylic oxidation sites excluding steroid dienone is 1. The van der Waals surface area contributed by atoms with E-state index in [9.17, 15) is 19.6 Å². The van der Waals surface area contributed by atoms with Crippen molar-refractivity contribution in [2.24, 2.45) is 5.92 Å². The third-order valence-electron chi connectivity index (χ3n) is 4.24. The largest absolute Gasteiger partial charge is 0.492 e. The minimum Gasteiger partial charge on any atom is -0.492 e. The Morgan fingerprint density at radius 1 is 1.30 bits per heavy atom. The number of rotatable bonds is 8. The maximum Gasteiger partial charge on any atom is 0.319 e. The number of nitrogens with zero attached hydrogens (tertiary/aromatic N) is 1. The average Bonchev–Trinajstić information content (AvgIpc) is 2.73. The first-order chi connectivity index (χ1) is 14.4. The van der Waals surface area contributed by atoms with Gasteiger partial charge in [0, 0.05) is 5.92 Å². The minimum absolute atomic E-state index is 0.103. The highest BCUT2D eigenvalue weighted by Crippen LogP contribution is 2.42. The number of esters is 2. The van der Waals surface area contributed by atoms with Gasteiger partial charge in [0.05, 0.1) is 47.8 Å². The van der Waals surface area contributed by atoms with E-state index in [2.05, 4.69) is 11.4 Å².